The topological polar surface area (TPSA) is 61.4 Å². The molecule has 0 saturated heterocycles. The summed E-state index contributed by atoms with van der Waals surface area (Å²) in [7, 11) is 3.64. The van der Waals surface area contributed by atoms with E-state index in [1.807, 2.05) is 33.9 Å². The molecule has 0 fully saturated rings. The first-order valence-electron chi connectivity index (χ1n) is 7.65. The van der Waals surface area contributed by atoms with Gasteiger partial charge in [-0.3, -0.25) is 9.59 Å². The maximum Gasteiger partial charge on any atom is 0.253 e. The predicted molar refractivity (Wildman–Crippen MR) is 97.4 cm³/mol. The minimum Gasteiger partial charge on any atom is -0.340 e. The van der Waals surface area contributed by atoms with Gasteiger partial charge in [-0.15, -0.1) is 12.4 Å². The Bertz CT molecular complexity index is 533. The van der Waals surface area contributed by atoms with Crippen molar-refractivity contribution in [2.45, 2.75) is 27.2 Å². The van der Waals surface area contributed by atoms with E-state index in [2.05, 4.69) is 10.6 Å². The third-order valence-electron chi connectivity index (χ3n) is 3.38. The van der Waals surface area contributed by atoms with Gasteiger partial charge < -0.3 is 15.5 Å². The Hall–Kier alpha value is -1.59. The molecule has 2 N–H and O–H groups in total. The fourth-order valence-electron chi connectivity index (χ4n) is 2.11. The molecular formula is C17H28ClN3O2. The van der Waals surface area contributed by atoms with E-state index >= 15 is 0 Å². The summed E-state index contributed by atoms with van der Waals surface area (Å²) >= 11 is 0. The molecule has 130 valence electrons. The van der Waals surface area contributed by atoms with E-state index in [4.69, 9.17) is 0 Å². The molecule has 5 nitrogen and oxygen atoms in total. The highest BCUT2D eigenvalue weighted by atomic mass is 35.5. The van der Waals surface area contributed by atoms with E-state index < -0.39 is 0 Å². The van der Waals surface area contributed by atoms with Crippen molar-refractivity contribution in [2.24, 2.45) is 5.92 Å². The summed E-state index contributed by atoms with van der Waals surface area (Å²) in [6, 6.07) is 5.38. The van der Waals surface area contributed by atoms with Gasteiger partial charge >= 0.3 is 0 Å². The number of amides is 2. The van der Waals surface area contributed by atoms with Crippen LogP contribution in [0.1, 0.15) is 36.2 Å². The zero-order chi connectivity index (χ0) is 16.7. The Kier molecular flexibility index (Phi) is 9.53. The van der Waals surface area contributed by atoms with Crippen molar-refractivity contribution in [3.8, 4) is 0 Å². The van der Waals surface area contributed by atoms with Gasteiger partial charge in [0.05, 0.1) is 0 Å². The molecule has 23 heavy (non-hydrogen) atoms. The van der Waals surface area contributed by atoms with Crippen molar-refractivity contribution in [1.29, 1.82) is 0 Å². The number of aryl methyl sites for hydroxylation is 1. The zero-order valence-electron chi connectivity index (χ0n) is 14.6. The summed E-state index contributed by atoms with van der Waals surface area (Å²) < 4.78 is 0. The molecule has 1 aromatic carbocycles. The number of carbonyl (C=O) groups is 2. The van der Waals surface area contributed by atoms with Crippen molar-refractivity contribution in [1.82, 2.24) is 10.2 Å². The van der Waals surface area contributed by atoms with Crippen LogP contribution in [0, 0.1) is 12.8 Å². The highest BCUT2D eigenvalue weighted by Gasteiger charge is 2.13. The highest BCUT2D eigenvalue weighted by molar-refractivity contribution is 5.96. The predicted octanol–water partition coefficient (Wildman–Crippen LogP) is 2.69. The number of anilines is 1. The number of rotatable bonds is 7. The molecule has 0 bridgehead atoms. The SMILES string of the molecule is CNCCN(C)C(=O)c1ccc(NC(=O)CC(C)C)c(C)c1.Cl. The fourth-order valence-corrected chi connectivity index (χ4v) is 2.11. The van der Waals surface area contributed by atoms with Gasteiger partial charge in [0.2, 0.25) is 5.91 Å². The van der Waals surface area contributed by atoms with Crippen molar-refractivity contribution >= 4 is 29.9 Å². The summed E-state index contributed by atoms with van der Waals surface area (Å²) in [6.07, 6.45) is 0.493. The third kappa shape index (κ3) is 7.01. The summed E-state index contributed by atoms with van der Waals surface area (Å²) in [5.74, 6) is 0.309. The molecule has 0 aliphatic heterocycles. The van der Waals surface area contributed by atoms with E-state index in [0.717, 1.165) is 17.8 Å². The molecule has 0 atom stereocenters. The molecule has 0 unspecified atom stereocenters. The Labute approximate surface area is 145 Å². The maximum absolute atomic E-state index is 12.3. The van der Waals surface area contributed by atoms with Gasteiger partial charge in [-0.2, -0.15) is 0 Å². The molecule has 0 aliphatic rings. The molecule has 2 amide bonds. The lowest BCUT2D eigenvalue weighted by Gasteiger charge is -2.18. The van der Waals surface area contributed by atoms with E-state index in [1.54, 1.807) is 24.1 Å². The van der Waals surface area contributed by atoms with Crippen molar-refractivity contribution < 1.29 is 9.59 Å². The van der Waals surface area contributed by atoms with Gasteiger partial charge in [-0.25, -0.2) is 0 Å². The number of halogens is 1. The van der Waals surface area contributed by atoms with Crippen LogP contribution in [0.2, 0.25) is 0 Å². The van der Waals surface area contributed by atoms with Gasteiger partial charge in [0.1, 0.15) is 0 Å². The molecule has 0 aliphatic carbocycles. The second-order valence-electron chi connectivity index (χ2n) is 6.01. The van der Waals surface area contributed by atoms with Crippen molar-refractivity contribution in [2.75, 3.05) is 32.5 Å². The molecule has 1 rings (SSSR count). The first-order chi connectivity index (χ1) is 10.3. The van der Waals surface area contributed by atoms with Gasteiger partial charge in [-0.1, -0.05) is 13.8 Å². The first kappa shape index (κ1) is 21.4. The van der Waals surface area contributed by atoms with Crippen LogP contribution in [0.25, 0.3) is 0 Å². The average molecular weight is 342 g/mol. The van der Waals surface area contributed by atoms with Crippen LogP contribution in [0.5, 0.6) is 0 Å². The number of benzene rings is 1. The van der Waals surface area contributed by atoms with Crippen LogP contribution in [0.4, 0.5) is 5.69 Å². The Morgan fingerprint density at radius 3 is 2.43 bits per heavy atom. The molecule has 0 radical (unpaired) electrons. The number of hydrogen-bond donors (Lipinski definition) is 2. The van der Waals surface area contributed by atoms with E-state index in [0.29, 0.717) is 24.4 Å². The Morgan fingerprint density at radius 2 is 1.91 bits per heavy atom. The normalized spacial score (nSPS) is 10.2. The molecular weight excluding hydrogens is 314 g/mol. The zero-order valence-corrected chi connectivity index (χ0v) is 15.4. The standard InChI is InChI=1S/C17H27N3O2.ClH/c1-12(2)10-16(21)19-15-7-6-14(11-13(15)3)17(22)20(5)9-8-18-4;/h6-7,11-12,18H,8-10H2,1-5H3,(H,19,21);1H. The smallest absolute Gasteiger partial charge is 0.253 e. The summed E-state index contributed by atoms with van der Waals surface area (Å²) in [6.45, 7) is 7.32. The van der Waals surface area contributed by atoms with Crippen molar-refractivity contribution in [3.05, 3.63) is 29.3 Å². The summed E-state index contributed by atoms with van der Waals surface area (Å²) in [5, 5.41) is 5.92. The number of nitrogens with one attached hydrogen (secondary N) is 2. The lowest BCUT2D eigenvalue weighted by Crippen LogP contribution is -2.32. The van der Waals surface area contributed by atoms with E-state index in [-0.39, 0.29) is 24.2 Å². The van der Waals surface area contributed by atoms with Crippen LogP contribution >= 0.6 is 12.4 Å². The van der Waals surface area contributed by atoms with Crippen LogP contribution < -0.4 is 10.6 Å². The summed E-state index contributed by atoms with van der Waals surface area (Å²) in [5.41, 5.74) is 2.29. The van der Waals surface area contributed by atoms with Crippen LogP contribution in [0.3, 0.4) is 0 Å². The Morgan fingerprint density at radius 1 is 1.26 bits per heavy atom. The second-order valence-corrected chi connectivity index (χ2v) is 6.01. The number of hydrogen-bond acceptors (Lipinski definition) is 3. The minimum absolute atomic E-state index is 0. The molecule has 1 aromatic rings. The quantitative estimate of drug-likeness (QED) is 0.801. The number of likely N-dealkylation sites (N-methyl/N-ethyl adjacent to an activating group) is 2. The number of nitrogens with zero attached hydrogens (tertiary/aromatic N) is 1. The third-order valence-corrected chi connectivity index (χ3v) is 3.38. The lowest BCUT2D eigenvalue weighted by molar-refractivity contribution is -0.116. The van der Waals surface area contributed by atoms with Gasteiger partial charge in [0.15, 0.2) is 0 Å². The second kappa shape index (κ2) is 10.2. The largest absolute Gasteiger partial charge is 0.340 e. The molecule has 0 heterocycles. The Balaban J connectivity index is 0.00000484. The van der Waals surface area contributed by atoms with Crippen LogP contribution in [-0.2, 0) is 4.79 Å². The fraction of sp³-hybridized carbons (Fsp3) is 0.529. The number of carbonyl (C=O) groups excluding carboxylic acids is 2. The molecule has 0 saturated carbocycles. The molecule has 6 heteroatoms. The van der Waals surface area contributed by atoms with E-state index in [1.165, 1.54) is 0 Å². The monoisotopic (exact) mass is 341 g/mol. The first-order valence-corrected chi connectivity index (χ1v) is 7.65. The van der Waals surface area contributed by atoms with Gasteiger partial charge in [-0.05, 0) is 43.7 Å². The van der Waals surface area contributed by atoms with Crippen LogP contribution in [-0.4, -0.2) is 43.9 Å². The highest BCUT2D eigenvalue weighted by Crippen LogP contribution is 2.18. The lowest BCUT2D eigenvalue weighted by atomic mass is 10.1. The average Bonchev–Trinajstić information content (AvgIpc) is 2.45. The van der Waals surface area contributed by atoms with Gasteiger partial charge in [0.25, 0.3) is 5.91 Å². The molecule has 0 aromatic heterocycles. The van der Waals surface area contributed by atoms with E-state index in [9.17, 15) is 9.59 Å². The van der Waals surface area contributed by atoms with Gasteiger partial charge in [0, 0.05) is 37.8 Å². The van der Waals surface area contributed by atoms with Crippen molar-refractivity contribution in [3.63, 3.8) is 0 Å². The minimum atomic E-state index is -0.0154. The summed E-state index contributed by atoms with van der Waals surface area (Å²) in [4.78, 5) is 25.8. The van der Waals surface area contributed by atoms with Crippen LogP contribution in [0.15, 0.2) is 18.2 Å². The molecule has 0 spiro atoms. The maximum atomic E-state index is 12.3.